The van der Waals surface area contributed by atoms with Crippen LogP contribution >= 0.6 is 11.8 Å². The molecule has 0 unspecified atom stereocenters. The van der Waals surface area contributed by atoms with Crippen molar-refractivity contribution in [3.8, 4) is 0 Å². The van der Waals surface area contributed by atoms with Crippen molar-refractivity contribution in [3.63, 3.8) is 0 Å². The van der Waals surface area contributed by atoms with Crippen molar-refractivity contribution in [2.75, 3.05) is 13.4 Å². The van der Waals surface area contributed by atoms with Gasteiger partial charge < -0.3 is 9.47 Å². The van der Waals surface area contributed by atoms with E-state index in [9.17, 15) is 9.59 Å². The van der Waals surface area contributed by atoms with Crippen LogP contribution < -0.4 is 0 Å². The first kappa shape index (κ1) is 16.8. The molecule has 1 amide bonds. The van der Waals surface area contributed by atoms with Gasteiger partial charge in [-0.3, -0.25) is 9.69 Å². The van der Waals surface area contributed by atoms with Crippen molar-refractivity contribution in [2.45, 2.75) is 43.5 Å². The van der Waals surface area contributed by atoms with Gasteiger partial charge in [0.1, 0.15) is 11.8 Å². The topological polar surface area (TPSA) is 55.8 Å². The maximum Gasteiger partial charge on any atom is 0.331 e. The van der Waals surface area contributed by atoms with Gasteiger partial charge in [-0.2, -0.15) is 0 Å². The largest absolute Gasteiger partial charge is 0.467 e. The van der Waals surface area contributed by atoms with E-state index in [0.717, 1.165) is 10.5 Å². The summed E-state index contributed by atoms with van der Waals surface area (Å²) in [6.45, 7) is 4.99. The number of nitrogens with zero attached hydrogens (tertiary/aromatic N) is 1. The molecule has 1 aromatic carbocycles. The summed E-state index contributed by atoms with van der Waals surface area (Å²) in [4.78, 5) is 26.8. The number of esters is 1. The second kappa shape index (κ2) is 6.30. The molecule has 2 rings (SSSR count). The van der Waals surface area contributed by atoms with Crippen LogP contribution in [0.15, 0.2) is 29.2 Å². The molecular formula is C16H21NO4S. The van der Waals surface area contributed by atoms with E-state index < -0.39 is 23.8 Å². The van der Waals surface area contributed by atoms with Crippen LogP contribution in [-0.4, -0.2) is 41.9 Å². The standard InChI is InChI=1S/C16H21NO4S/c1-10(18)17-13(15(19)20-4)14(21-16(17,2)3)11-6-8-12(22-5)9-7-11/h6-9,13-14H,1-5H3/t13-,14+/m1/s1. The summed E-state index contributed by atoms with van der Waals surface area (Å²) in [6, 6.07) is 7.01. The van der Waals surface area contributed by atoms with E-state index in [1.807, 2.05) is 30.5 Å². The summed E-state index contributed by atoms with van der Waals surface area (Å²) < 4.78 is 10.9. The predicted octanol–water partition coefficient (Wildman–Crippen LogP) is 2.61. The minimum atomic E-state index is -0.868. The van der Waals surface area contributed by atoms with Gasteiger partial charge >= 0.3 is 5.97 Å². The van der Waals surface area contributed by atoms with Crippen LogP contribution in [0.2, 0.25) is 0 Å². The Morgan fingerprint density at radius 3 is 2.32 bits per heavy atom. The monoisotopic (exact) mass is 323 g/mol. The van der Waals surface area contributed by atoms with E-state index >= 15 is 0 Å². The van der Waals surface area contributed by atoms with Gasteiger partial charge in [0.15, 0.2) is 6.04 Å². The molecule has 5 nitrogen and oxygen atoms in total. The highest BCUT2D eigenvalue weighted by molar-refractivity contribution is 7.98. The molecule has 0 aromatic heterocycles. The third-order valence-corrected chi connectivity index (χ3v) is 4.53. The molecule has 0 saturated carbocycles. The molecular weight excluding hydrogens is 302 g/mol. The highest BCUT2D eigenvalue weighted by Gasteiger charge is 2.53. The van der Waals surface area contributed by atoms with Crippen LogP contribution in [0.5, 0.6) is 0 Å². The molecule has 1 aliphatic rings. The molecule has 2 atom stereocenters. The Balaban J connectivity index is 2.43. The molecule has 0 spiro atoms. The molecule has 0 radical (unpaired) electrons. The molecule has 120 valence electrons. The Kier molecular flexibility index (Phi) is 4.82. The molecule has 0 aliphatic carbocycles. The van der Waals surface area contributed by atoms with Crippen LogP contribution in [0.4, 0.5) is 0 Å². The van der Waals surface area contributed by atoms with Crippen molar-refractivity contribution in [1.29, 1.82) is 0 Å². The van der Waals surface area contributed by atoms with Gasteiger partial charge in [0, 0.05) is 11.8 Å². The average Bonchev–Trinajstić information content (AvgIpc) is 2.78. The Morgan fingerprint density at radius 1 is 1.27 bits per heavy atom. The average molecular weight is 323 g/mol. The van der Waals surface area contributed by atoms with E-state index in [0.29, 0.717) is 0 Å². The summed E-state index contributed by atoms with van der Waals surface area (Å²) in [5, 5.41) is 0. The first-order valence-electron chi connectivity index (χ1n) is 7.01. The highest BCUT2D eigenvalue weighted by Crippen LogP contribution is 2.41. The van der Waals surface area contributed by atoms with Gasteiger partial charge in [-0.05, 0) is 37.8 Å². The Bertz CT molecular complexity index is 570. The quantitative estimate of drug-likeness (QED) is 0.632. The molecule has 1 aliphatic heterocycles. The maximum atomic E-state index is 12.2. The summed E-state index contributed by atoms with van der Waals surface area (Å²) in [6.07, 6.45) is 1.46. The summed E-state index contributed by atoms with van der Waals surface area (Å²) >= 11 is 1.64. The van der Waals surface area contributed by atoms with Crippen molar-refractivity contribution < 1.29 is 19.1 Å². The zero-order chi connectivity index (χ0) is 16.5. The molecule has 0 bridgehead atoms. The highest BCUT2D eigenvalue weighted by atomic mass is 32.2. The lowest BCUT2D eigenvalue weighted by Crippen LogP contribution is -2.50. The number of thioether (sulfide) groups is 1. The van der Waals surface area contributed by atoms with Gasteiger partial charge in [-0.25, -0.2) is 4.79 Å². The zero-order valence-corrected chi connectivity index (χ0v) is 14.3. The number of hydrogen-bond donors (Lipinski definition) is 0. The SMILES string of the molecule is COC(=O)[C@H]1[C@H](c2ccc(SC)cc2)OC(C)(C)N1C(C)=O. The Labute approximate surface area is 135 Å². The Hall–Kier alpha value is -1.53. The van der Waals surface area contributed by atoms with Crippen LogP contribution in [-0.2, 0) is 19.1 Å². The normalized spacial score (nSPS) is 23.4. The molecule has 22 heavy (non-hydrogen) atoms. The summed E-state index contributed by atoms with van der Waals surface area (Å²) in [7, 11) is 1.32. The lowest BCUT2D eigenvalue weighted by molar-refractivity contribution is -0.155. The summed E-state index contributed by atoms with van der Waals surface area (Å²) in [5.41, 5.74) is -0.0157. The van der Waals surface area contributed by atoms with E-state index in [1.54, 1.807) is 25.6 Å². The summed E-state index contributed by atoms with van der Waals surface area (Å²) in [5.74, 6) is -0.691. The van der Waals surface area contributed by atoms with Gasteiger partial charge in [0.05, 0.1) is 7.11 Å². The first-order valence-corrected chi connectivity index (χ1v) is 8.24. The van der Waals surface area contributed by atoms with E-state index in [-0.39, 0.29) is 5.91 Å². The number of hydrogen-bond acceptors (Lipinski definition) is 5. The number of rotatable bonds is 3. The molecule has 1 aromatic rings. The van der Waals surface area contributed by atoms with E-state index in [1.165, 1.54) is 18.9 Å². The number of benzene rings is 1. The molecule has 0 N–H and O–H groups in total. The fraction of sp³-hybridized carbons (Fsp3) is 0.500. The number of amides is 1. The van der Waals surface area contributed by atoms with Crippen LogP contribution in [0, 0.1) is 0 Å². The second-order valence-electron chi connectivity index (χ2n) is 5.62. The molecule has 1 fully saturated rings. The molecule has 1 saturated heterocycles. The van der Waals surface area contributed by atoms with Crippen molar-refractivity contribution >= 4 is 23.6 Å². The third-order valence-electron chi connectivity index (χ3n) is 3.79. The van der Waals surface area contributed by atoms with Crippen LogP contribution in [0.1, 0.15) is 32.4 Å². The third kappa shape index (κ3) is 2.98. The van der Waals surface area contributed by atoms with E-state index in [4.69, 9.17) is 9.47 Å². The fourth-order valence-corrected chi connectivity index (χ4v) is 3.28. The lowest BCUT2D eigenvalue weighted by atomic mass is 10.0. The second-order valence-corrected chi connectivity index (χ2v) is 6.50. The van der Waals surface area contributed by atoms with Crippen LogP contribution in [0.25, 0.3) is 0 Å². The predicted molar refractivity (Wildman–Crippen MR) is 84.5 cm³/mol. The number of carbonyl (C=O) groups is 2. The van der Waals surface area contributed by atoms with Gasteiger partial charge in [0.25, 0.3) is 0 Å². The lowest BCUT2D eigenvalue weighted by Gasteiger charge is -2.31. The number of methoxy groups -OCH3 is 1. The van der Waals surface area contributed by atoms with Crippen LogP contribution in [0.3, 0.4) is 0 Å². The minimum absolute atomic E-state index is 0.219. The smallest absolute Gasteiger partial charge is 0.331 e. The van der Waals surface area contributed by atoms with Gasteiger partial charge in [-0.1, -0.05) is 12.1 Å². The number of ether oxygens (including phenoxy) is 2. The number of carbonyl (C=O) groups excluding carboxylic acids is 2. The van der Waals surface area contributed by atoms with E-state index in [2.05, 4.69) is 0 Å². The minimum Gasteiger partial charge on any atom is -0.467 e. The van der Waals surface area contributed by atoms with Crippen molar-refractivity contribution in [2.24, 2.45) is 0 Å². The van der Waals surface area contributed by atoms with Crippen molar-refractivity contribution in [3.05, 3.63) is 29.8 Å². The first-order chi connectivity index (χ1) is 10.3. The molecule has 6 heteroatoms. The maximum absolute atomic E-state index is 12.2. The fourth-order valence-electron chi connectivity index (χ4n) is 2.87. The zero-order valence-electron chi connectivity index (χ0n) is 13.5. The molecule has 1 heterocycles. The van der Waals surface area contributed by atoms with Gasteiger partial charge in [0.2, 0.25) is 5.91 Å². The van der Waals surface area contributed by atoms with Gasteiger partial charge in [-0.15, -0.1) is 11.8 Å². The Morgan fingerprint density at radius 2 is 1.86 bits per heavy atom. The van der Waals surface area contributed by atoms with Crippen molar-refractivity contribution in [1.82, 2.24) is 4.90 Å².